The molecule has 13 nitrogen and oxygen atoms in total. The van der Waals surface area contributed by atoms with E-state index in [1.165, 1.54) is 16.7 Å². The van der Waals surface area contributed by atoms with E-state index < -0.39 is 68.3 Å². The molecule has 2 heterocycles. The van der Waals surface area contributed by atoms with Gasteiger partial charge in [-0.15, -0.1) is 4.58 Å². The van der Waals surface area contributed by atoms with Crippen molar-refractivity contribution in [1.82, 2.24) is 0 Å². The molecule has 0 aromatic heterocycles. The second-order valence-electron chi connectivity index (χ2n) is 10.1. The molecule has 15 heteroatoms. The number of unbranched alkanes of at least 4 members (excludes halogenated alkanes) is 1. The summed E-state index contributed by atoms with van der Waals surface area (Å²) in [6.45, 7) is -1.32. The van der Waals surface area contributed by atoms with E-state index in [1.54, 1.807) is 24.3 Å². The highest BCUT2D eigenvalue weighted by Crippen LogP contribution is 2.39. The van der Waals surface area contributed by atoms with Gasteiger partial charge in [0.15, 0.2) is 12.8 Å². The van der Waals surface area contributed by atoms with Crippen LogP contribution in [0.3, 0.4) is 0 Å². The molecule has 0 aliphatic carbocycles. The molecule has 10 unspecified atom stereocenters. The first-order valence-electron chi connectivity index (χ1n) is 13.6. The molecule has 41 heavy (non-hydrogen) atoms. The van der Waals surface area contributed by atoms with Gasteiger partial charge in [-0.1, -0.05) is 27.7 Å². The van der Waals surface area contributed by atoms with Gasteiger partial charge >= 0.3 is 6.08 Å². The highest BCUT2D eigenvalue weighted by Gasteiger charge is 2.46. The lowest BCUT2D eigenvalue weighted by atomic mass is 9.98. The first kappa shape index (κ1) is 34.2. The van der Waals surface area contributed by atoms with Crippen LogP contribution in [-0.4, -0.2) is 144 Å². The lowest BCUT2D eigenvalue weighted by Crippen LogP contribution is -2.61. The van der Waals surface area contributed by atoms with Crippen molar-refractivity contribution in [2.75, 3.05) is 37.4 Å². The summed E-state index contributed by atoms with van der Waals surface area (Å²) in [5.74, 6) is 1.18. The number of carbonyl (C=O) groups excluding carboxylic acids is 1. The quantitative estimate of drug-likeness (QED) is 0.0344. The van der Waals surface area contributed by atoms with Crippen LogP contribution in [0.2, 0.25) is 0 Å². The monoisotopic (exact) mass is 621 g/mol. The Bertz CT molecular complexity index is 981. The molecule has 1 aromatic carbocycles. The molecule has 3 rings (SSSR count). The first-order valence-corrected chi connectivity index (χ1v) is 16.0. The SMILES string of the molecule is O=C=[N+](CCCCC1CCSS1)c1cccc(NCC(O)C(O)C(OC2OC(CO)C(O)C(O)C2O)C(O)CO)c1. The molecule has 2 aliphatic rings. The van der Waals surface area contributed by atoms with Crippen molar-refractivity contribution in [3.63, 3.8) is 0 Å². The third-order valence-corrected chi connectivity index (χ3v) is 10.1. The molecule has 2 fully saturated rings. The molecular formula is C26H41N2O11S2+. The Morgan fingerprint density at radius 3 is 2.54 bits per heavy atom. The Morgan fingerprint density at radius 1 is 1.10 bits per heavy atom. The fourth-order valence-corrected chi connectivity index (χ4v) is 7.64. The first-order chi connectivity index (χ1) is 19.7. The van der Waals surface area contributed by atoms with E-state index in [-0.39, 0.29) is 6.54 Å². The maximum atomic E-state index is 11.6. The highest BCUT2D eigenvalue weighted by molar-refractivity contribution is 8.77. The lowest BCUT2D eigenvalue weighted by Gasteiger charge is -2.42. The Morgan fingerprint density at radius 2 is 1.88 bits per heavy atom. The second kappa shape index (κ2) is 17.1. The minimum atomic E-state index is -1.82. The van der Waals surface area contributed by atoms with Gasteiger partial charge < -0.3 is 55.6 Å². The summed E-state index contributed by atoms with van der Waals surface area (Å²) in [5, 5.41) is 84.2. The number of nitrogens with zero attached hydrogens (tertiary/aromatic N) is 1. The fraction of sp³-hybridized carbons (Fsp3) is 0.731. The molecule has 0 saturated carbocycles. The van der Waals surface area contributed by atoms with Gasteiger partial charge in [-0.05, 0) is 25.3 Å². The zero-order valence-electron chi connectivity index (χ0n) is 22.5. The maximum Gasteiger partial charge on any atom is 0.430 e. The van der Waals surface area contributed by atoms with Gasteiger partial charge in [-0.25, -0.2) is 0 Å². The Hall–Kier alpha value is -1.30. The van der Waals surface area contributed by atoms with E-state index in [2.05, 4.69) is 5.32 Å². The molecule has 2 aliphatic heterocycles. The summed E-state index contributed by atoms with van der Waals surface area (Å²) < 4.78 is 12.2. The lowest BCUT2D eigenvalue weighted by molar-refractivity contribution is -0.438. The molecule has 2 saturated heterocycles. The maximum absolute atomic E-state index is 11.6. The normalized spacial score (nSPS) is 29.4. The Labute approximate surface area is 246 Å². The van der Waals surface area contributed by atoms with E-state index >= 15 is 0 Å². The van der Waals surface area contributed by atoms with Crippen LogP contribution in [0.1, 0.15) is 25.7 Å². The standard InChI is InChI=1S/C26H41N2O11S2/c29-12-19(33)25(39-26-24(37)23(36)22(35)20(13-30)38-26)21(34)18(32)11-27-15-4-3-5-16(10-15)28(14-31)8-2-1-6-17-7-9-40-41-17/h3-5,10,17-27,29-30,32-37H,1-2,6-9,11-13H2/q+1. The zero-order chi connectivity index (χ0) is 29.9. The van der Waals surface area contributed by atoms with Gasteiger partial charge in [-0.3, -0.25) is 0 Å². The van der Waals surface area contributed by atoms with Gasteiger partial charge in [0.1, 0.15) is 42.7 Å². The predicted octanol–water partition coefficient (Wildman–Crippen LogP) is -1.34. The number of hydrogen-bond donors (Lipinski definition) is 9. The van der Waals surface area contributed by atoms with E-state index in [4.69, 9.17) is 9.47 Å². The van der Waals surface area contributed by atoms with Crippen molar-refractivity contribution < 1.29 is 59.7 Å². The van der Waals surface area contributed by atoms with Crippen LogP contribution in [-0.2, 0) is 14.3 Å². The number of benzene rings is 1. The van der Waals surface area contributed by atoms with Crippen molar-refractivity contribution in [3.05, 3.63) is 24.3 Å². The van der Waals surface area contributed by atoms with Crippen LogP contribution >= 0.6 is 21.6 Å². The van der Waals surface area contributed by atoms with Gasteiger partial charge in [0, 0.05) is 41.8 Å². The van der Waals surface area contributed by atoms with E-state index in [9.17, 15) is 45.6 Å². The summed E-state index contributed by atoms with van der Waals surface area (Å²) in [6, 6.07) is 6.87. The summed E-state index contributed by atoms with van der Waals surface area (Å²) >= 11 is 0. The summed E-state index contributed by atoms with van der Waals surface area (Å²) in [7, 11) is 3.83. The van der Waals surface area contributed by atoms with Crippen LogP contribution < -0.4 is 5.32 Å². The topological polar surface area (TPSA) is 212 Å². The van der Waals surface area contributed by atoms with Gasteiger partial charge in [-0.2, -0.15) is 4.79 Å². The van der Waals surface area contributed by atoms with E-state index in [0.717, 1.165) is 19.3 Å². The predicted molar refractivity (Wildman–Crippen MR) is 151 cm³/mol. The number of aliphatic hydroxyl groups excluding tert-OH is 8. The van der Waals surface area contributed by atoms with Crippen LogP contribution in [0.25, 0.3) is 0 Å². The van der Waals surface area contributed by atoms with Crippen molar-refractivity contribution in [1.29, 1.82) is 0 Å². The van der Waals surface area contributed by atoms with Gasteiger partial charge in [0.05, 0.1) is 19.3 Å². The van der Waals surface area contributed by atoms with Crippen LogP contribution in [0.15, 0.2) is 24.3 Å². The van der Waals surface area contributed by atoms with Crippen molar-refractivity contribution >= 4 is 39.0 Å². The van der Waals surface area contributed by atoms with Crippen molar-refractivity contribution in [2.24, 2.45) is 0 Å². The molecule has 0 spiro atoms. The largest absolute Gasteiger partial charge is 0.430 e. The Kier molecular flexibility index (Phi) is 14.3. The fourth-order valence-electron chi connectivity index (χ4n) is 4.62. The molecule has 1 aromatic rings. The molecular weight excluding hydrogens is 580 g/mol. The molecule has 9 N–H and O–H groups in total. The molecule has 0 radical (unpaired) electrons. The van der Waals surface area contributed by atoms with E-state index in [0.29, 0.717) is 23.2 Å². The average molecular weight is 622 g/mol. The number of isocyanates is 1. The zero-order valence-corrected chi connectivity index (χ0v) is 24.1. The third kappa shape index (κ3) is 9.60. The smallest absolute Gasteiger partial charge is 0.394 e. The molecule has 232 valence electrons. The molecule has 0 amide bonds. The van der Waals surface area contributed by atoms with Crippen LogP contribution in [0.5, 0.6) is 0 Å². The number of ether oxygens (including phenoxy) is 2. The van der Waals surface area contributed by atoms with Gasteiger partial charge in [0.25, 0.3) is 0 Å². The summed E-state index contributed by atoms with van der Waals surface area (Å²) in [6.07, 6.45) is -8.88. The second-order valence-corrected chi connectivity index (χ2v) is 12.9. The van der Waals surface area contributed by atoms with Crippen molar-refractivity contribution in [3.8, 4) is 0 Å². The van der Waals surface area contributed by atoms with Gasteiger partial charge in [0.2, 0.25) is 5.69 Å². The van der Waals surface area contributed by atoms with Crippen molar-refractivity contribution in [2.45, 2.75) is 86.1 Å². The summed E-state index contributed by atoms with van der Waals surface area (Å²) in [5.41, 5.74) is 1.13. The number of hydrogen-bond acceptors (Lipinski definition) is 14. The molecule has 10 atom stereocenters. The average Bonchev–Trinajstić information content (AvgIpc) is 3.51. The van der Waals surface area contributed by atoms with Crippen LogP contribution in [0.4, 0.5) is 11.4 Å². The number of rotatable bonds is 16. The number of nitrogens with one attached hydrogen (secondary N) is 1. The van der Waals surface area contributed by atoms with Crippen LogP contribution in [0, 0.1) is 0 Å². The minimum absolute atomic E-state index is 0.237. The van der Waals surface area contributed by atoms with E-state index in [1.807, 2.05) is 27.7 Å². The highest BCUT2D eigenvalue weighted by atomic mass is 33.1. The molecule has 0 bridgehead atoms. The third-order valence-electron chi connectivity index (χ3n) is 7.11. The Balaban J connectivity index is 1.57. The summed E-state index contributed by atoms with van der Waals surface area (Å²) in [4.78, 5) is 11.6. The number of anilines is 1. The minimum Gasteiger partial charge on any atom is -0.394 e. The number of aliphatic hydroxyl groups is 8.